The number of aromatic nitrogens is 3. The van der Waals surface area contributed by atoms with Gasteiger partial charge < -0.3 is 15.6 Å². The molecule has 1 saturated carbocycles. The van der Waals surface area contributed by atoms with E-state index in [1.807, 2.05) is 58.4 Å². The van der Waals surface area contributed by atoms with Crippen LogP contribution in [0.3, 0.4) is 0 Å². The molecule has 0 unspecified atom stereocenters. The van der Waals surface area contributed by atoms with Crippen LogP contribution in [0.2, 0.25) is 0 Å². The molecule has 2 heterocycles. The normalized spacial score (nSPS) is 12.0. The maximum atomic E-state index is 14.7. The van der Waals surface area contributed by atoms with Crippen LogP contribution in [0.4, 0.5) is 21.5 Å². The summed E-state index contributed by atoms with van der Waals surface area (Å²) in [5, 5.41) is 8.01. The van der Waals surface area contributed by atoms with Crippen molar-refractivity contribution in [3.63, 3.8) is 0 Å². The third-order valence-electron chi connectivity index (χ3n) is 6.48. The lowest BCUT2D eigenvalue weighted by molar-refractivity contribution is 0.607. The monoisotopic (exact) mass is 596 g/mol. The molecule has 2 aromatic carbocycles. The summed E-state index contributed by atoms with van der Waals surface area (Å²) >= 11 is 1.71. The molecule has 0 spiro atoms. The average Bonchev–Trinajstić information content (AvgIpc) is 3.83. The fourth-order valence-corrected chi connectivity index (χ4v) is 4.19. The number of anilines is 3. The van der Waals surface area contributed by atoms with Crippen molar-refractivity contribution in [3.8, 4) is 11.3 Å². The molecule has 0 saturated heterocycles. The van der Waals surface area contributed by atoms with E-state index < -0.39 is 5.82 Å². The third-order valence-corrected chi connectivity index (χ3v) is 7.21. The Balaban J connectivity index is 0.000000612. The van der Waals surface area contributed by atoms with Gasteiger partial charge in [-0.05, 0) is 76.9 Å². The number of hydrogen-bond acceptors (Lipinski definition) is 7. The number of rotatable bonds is 5. The van der Waals surface area contributed by atoms with Crippen LogP contribution in [0.25, 0.3) is 22.2 Å². The van der Waals surface area contributed by atoms with Gasteiger partial charge in [-0.1, -0.05) is 57.8 Å². The fourth-order valence-electron chi connectivity index (χ4n) is 4.19. The van der Waals surface area contributed by atoms with E-state index in [0.29, 0.717) is 39.1 Å². The molecule has 5 rings (SSSR count). The number of nitrogen functional groups attached to an aromatic ring is 1. The number of fused-ring (bicyclic) bond motifs is 1. The summed E-state index contributed by atoms with van der Waals surface area (Å²) in [6.45, 7) is 11.4. The first-order valence-corrected chi connectivity index (χ1v) is 15.5. The SMILES string of the molecule is CC.CC.CSN(C)C.Cc1ccc(Nc2c(C)c(=O)n(C)c3c(-c4cccc(N)c4)nn(C4CC4)c(=O)c23)c(F)c1. The fraction of sp³-hybridized carbons (Fsp3) is 0.406. The Morgan fingerprint density at radius 2 is 1.64 bits per heavy atom. The number of benzene rings is 2. The first-order valence-electron chi connectivity index (χ1n) is 14.3. The number of nitrogens with one attached hydrogen (secondary N) is 1. The summed E-state index contributed by atoms with van der Waals surface area (Å²) in [6.07, 6.45) is 3.75. The van der Waals surface area contributed by atoms with Gasteiger partial charge in [-0.25, -0.2) is 9.07 Å². The number of hydrogen-bond donors (Lipinski definition) is 2. The highest BCUT2D eigenvalue weighted by Crippen LogP contribution is 2.37. The summed E-state index contributed by atoms with van der Waals surface area (Å²) in [6, 6.07) is 12.0. The highest BCUT2D eigenvalue weighted by Gasteiger charge is 2.30. The number of pyridine rings is 1. The van der Waals surface area contributed by atoms with Crippen LogP contribution in [-0.2, 0) is 7.05 Å². The first kappa shape index (κ1) is 34.6. The summed E-state index contributed by atoms with van der Waals surface area (Å²) in [5.74, 6) is -0.462. The van der Waals surface area contributed by atoms with Crippen LogP contribution in [0.1, 0.15) is 57.7 Å². The Morgan fingerprint density at radius 3 is 2.17 bits per heavy atom. The summed E-state index contributed by atoms with van der Waals surface area (Å²) in [7, 11) is 5.65. The highest BCUT2D eigenvalue weighted by molar-refractivity contribution is 7.96. The lowest BCUT2D eigenvalue weighted by Gasteiger charge is -2.19. The van der Waals surface area contributed by atoms with Gasteiger partial charge >= 0.3 is 0 Å². The van der Waals surface area contributed by atoms with Crippen molar-refractivity contribution in [1.29, 1.82) is 0 Å². The molecule has 0 bridgehead atoms. The van der Waals surface area contributed by atoms with E-state index in [4.69, 9.17) is 5.73 Å². The molecule has 0 radical (unpaired) electrons. The van der Waals surface area contributed by atoms with E-state index in [2.05, 4.69) is 10.4 Å². The zero-order chi connectivity index (χ0) is 31.7. The van der Waals surface area contributed by atoms with Gasteiger partial charge in [0, 0.05) is 23.9 Å². The van der Waals surface area contributed by atoms with Gasteiger partial charge in [-0.15, -0.1) is 0 Å². The molecule has 2 aromatic heterocycles. The summed E-state index contributed by atoms with van der Waals surface area (Å²) < 4.78 is 19.7. The number of nitrogens with two attached hydrogens (primary N) is 1. The summed E-state index contributed by atoms with van der Waals surface area (Å²) in [4.78, 5) is 26.8. The van der Waals surface area contributed by atoms with Crippen LogP contribution in [0.5, 0.6) is 0 Å². The molecular formula is C32H45FN6O2S. The lowest BCUT2D eigenvalue weighted by atomic mass is 10.0. The van der Waals surface area contributed by atoms with Crippen LogP contribution in [0.15, 0.2) is 52.1 Å². The van der Waals surface area contributed by atoms with Crippen LogP contribution >= 0.6 is 11.9 Å². The molecule has 4 aromatic rings. The molecular weight excluding hydrogens is 551 g/mol. The van der Waals surface area contributed by atoms with E-state index in [1.165, 1.54) is 15.3 Å². The maximum Gasteiger partial charge on any atom is 0.278 e. The third kappa shape index (κ3) is 7.80. The standard InChI is InChI=1S/C25H24FN5O2.C3H9NS.2C2H6/c1-13-7-10-19(18(26)11-13)28-21-14(2)24(32)30(3)23-20(21)25(33)31(17-8-9-17)29-22(23)15-5-4-6-16(27)12-15;1-4(2)5-3;2*1-2/h4-7,10-12,17,28H,8-9,27H2,1-3H3;1-3H3;2*1-2H3. The Bertz CT molecular complexity index is 1630. The van der Waals surface area contributed by atoms with Gasteiger partial charge in [0.15, 0.2) is 0 Å². The van der Waals surface area contributed by atoms with Gasteiger partial charge in [0.25, 0.3) is 11.1 Å². The second kappa shape index (κ2) is 15.6. The highest BCUT2D eigenvalue weighted by atomic mass is 32.2. The van der Waals surface area contributed by atoms with E-state index in [0.717, 1.165) is 18.4 Å². The van der Waals surface area contributed by atoms with Crippen LogP contribution < -0.4 is 22.2 Å². The molecule has 228 valence electrons. The molecule has 1 aliphatic carbocycles. The second-order valence-electron chi connectivity index (χ2n) is 9.65. The number of nitrogens with zero attached hydrogens (tertiary/aromatic N) is 4. The lowest BCUT2D eigenvalue weighted by Crippen LogP contribution is -2.29. The van der Waals surface area contributed by atoms with Crippen LogP contribution in [0, 0.1) is 19.7 Å². The Kier molecular flexibility index (Phi) is 12.8. The predicted molar refractivity (Wildman–Crippen MR) is 178 cm³/mol. The smallest absolute Gasteiger partial charge is 0.278 e. The number of aryl methyl sites for hydroxylation is 2. The van der Waals surface area contributed by atoms with Gasteiger partial charge in [-0.3, -0.25) is 13.9 Å². The van der Waals surface area contributed by atoms with E-state index >= 15 is 0 Å². The van der Waals surface area contributed by atoms with E-state index in [1.54, 1.807) is 63.2 Å². The zero-order valence-corrected chi connectivity index (χ0v) is 27.3. The summed E-state index contributed by atoms with van der Waals surface area (Å²) in [5.41, 5.74) is 9.10. The second-order valence-corrected chi connectivity index (χ2v) is 10.7. The maximum absolute atomic E-state index is 14.7. The Morgan fingerprint density at radius 1 is 1.02 bits per heavy atom. The molecule has 0 aliphatic heterocycles. The quantitative estimate of drug-likeness (QED) is 0.188. The van der Waals surface area contributed by atoms with Gasteiger partial charge in [0.2, 0.25) is 0 Å². The van der Waals surface area contributed by atoms with E-state index in [9.17, 15) is 14.0 Å². The largest absolute Gasteiger partial charge is 0.399 e. The average molecular weight is 597 g/mol. The van der Waals surface area contributed by atoms with E-state index in [-0.39, 0.29) is 22.8 Å². The first-order chi connectivity index (χ1) is 20.0. The topological polar surface area (TPSA) is 98.2 Å². The van der Waals surface area contributed by atoms with Crippen molar-refractivity contribution in [2.75, 3.05) is 31.4 Å². The molecule has 3 N–H and O–H groups in total. The van der Waals surface area contributed by atoms with Gasteiger partial charge in [0.05, 0.1) is 28.3 Å². The minimum Gasteiger partial charge on any atom is -0.399 e. The Labute approximate surface area is 252 Å². The van der Waals surface area contributed by atoms with Crippen molar-refractivity contribution in [2.45, 2.75) is 60.4 Å². The minimum absolute atomic E-state index is 0.00297. The molecule has 42 heavy (non-hydrogen) atoms. The van der Waals surface area contributed by atoms with Gasteiger partial charge in [-0.2, -0.15) is 5.10 Å². The van der Waals surface area contributed by atoms with Gasteiger partial charge in [0.1, 0.15) is 11.5 Å². The molecule has 0 amide bonds. The number of halogens is 1. The van der Waals surface area contributed by atoms with Crippen molar-refractivity contribution in [1.82, 2.24) is 18.7 Å². The molecule has 10 heteroatoms. The molecule has 8 nitrogen and oxygen atoms in total. The minimum atomic E-state index is -0.462. The zero-order valence-electron chi connectivity index (χ0n) is 26.5. The molecule has 1 aliphatic rings. The van der Waals surface area contributed by atoms with Crippen molar-refractivity contribution >= 4 is 39.9 Å². The molecule has 1 fully saturated rings. The van der Waals surface area contributed by atoms with Crippen molar-refractivity contribution in [2.24, 2.45) is 7.05 Å². The molecule has 0 atom stereocenters. The van der Waals surface area contributed by atoms with Crippen molar-refractivity contribution in [3.05, 3.63) is 80.1 Å². The predicted octanol–water partition coefficient (Wildman–Crippen LogP) is 7.06. The van der Waals surface area contributed by atoms with Crippen molar-refractivity contribution < 1.29 is 4.39 Å². The van der Waals surface area contributed by atoms with Crippen LogP contribution in [-0.4, -0.2) is 39.0 Å². The Hall–Kier alpha value is -3.63.